The van der Waals surface area contributed by atoms with Crippen LogP contribution in [-0.2, 0) is 4.79 Å². The molecule has 144 valence electrons. The van der Waals surface area contributed by atoms with E-state index >= 15 is 0 Å². The second kappa shape index (κ2) is 8.85. The molecule has 0 aliphatic rings. The summed E-state index contributed by atoms with van der Waals surface area (Å²) in [5.41, 5.74) is 3.45. The number of anilines is 1. The zero-order valence-electron chi connectivity index (χ0n) is 15.1. The molecule has 0 unspecified atom stereocenters. The number of amides is 1. The molecule has 0 fully saturated rings. The highest BCUT2D eigenvalue weighted by Crippen LogP contribution is 2.31. The van der Waals surface area contributed by atoms with E-state index in [1.54, 1.807) is 19.9 Å². The van der Waals surface area contributed by atoms with Gasteiger partial charge in [-0.15, -0.1) is 11.3 Å². The molecule has 6 nitrogen and oxygen atoms in total. The van der Waals surface area contributed by atoms with Gasteiger partial charge in [0.25, 0.3) is 5.69 Å². The third kappa shape index (κ3) is 4.98. The lowest BCUT2D eigenvalue weighted by Gasteiger charge is -2.09. The lowest BCUT2D eigenvalue weighted by Crippen LogP contribution is -2.16. The maximum absolute atomic E-state index is 12.3. The van der Waals surface area contributed by atoms with Crippen LogP contribution >= 0.6 is 39.0 Å². The van der Waals surface area contributed by atoms with Gasteiger partial charge in [0.05, 0.1) is 16.4 Å². The van der Waals surface area contributed by atoms with Gasteiger partial charge < -0.3 is 5.32 Å². The minimum atomic E-state index is -0.478. The molecular formula is C19H16BrN3O3S2. The summed E-state index contributed by atoms with van der Waals surface area (Å²) in [7, 11) is 0. The van der Waals surface area contributed by atoms with E-state index in [1.807, 2.05) is 29.6 Å². The van der Waals surface area contributed by atoms with E-state index in [0.717, 1.165) is 25.6 Å². The Morgan fingerprint density at radius 3 is 2.68 bits per heavy atom. The second-order valence-corrected chi connectivity index (χ2v) is 9.07. The number of thioether (sulfide) groups is 1. The summed E-state index contributed by atoms with van der Waals surface area (Å²) >= 11 is 6.17. The lowest BCUT2D eigenvalue weighted by atomic mass is 10.1. The molecule has 0 spiro atoms. The van der Waals surface area contributed by atoms with Gasteiger partial charge in [-0.25, -0.2) is 4.98 Å². The van der Waals surface area contributed by atoms with Crippen molar-refractivity contribution in [2.75, 3.05) is 11.1 Å². The van der Waals surface area contributed by atoms with E-state index in [-0.39, 0.29) is 23.0 Å². The smallest absolute Gasteiger partial charge is 0.293 e. The average molecular weight is 478 g/mol. The van der Waals surface area contributed by atoms with Crippen LogP contribution in [0.15, 0.2) is 50.6 Å². The molecular weight excluding hydrogens is 462 g/mol. The van der Waals surface area contributed by atoms with Crippen LogP contribution in [0.1, 0.15) is 11.1 Å². The monoisotopic (exact) mass is 477 g/mol. The van der Waals surface area contributed by atoms with Crippen molar-refractivity contribution in [2.24, 2.45) is 0 Å². The summed E-state index contributed by atoms with van der Waals surface area (Å²) in [6, 6.07) is 11.1. The van der Waals surface area contributed by atoms with Crippen molar-refractivity contribution in [1.29, 1.82) is 0 Å². The van der Waals surface area contributed by atoms with Crippen LogP contribution in [0.3, 0.4) is 0 Å². The molecule has 0 saturated heterocycles. The Bertz CT molecular complexity index is 1040. The molecule has 0 radical (unpaired) electrons. The molecule has 0 saturated carbocycles. The first-order valence-corrected chi connectivity index (χ1v) is 10.9. The lowest BCUT2D eigenvalue weighted by molar-refractivity contribution is -0.384. The van der Waals surface area contributed by atoms with Crippen molar-refractivity contribution < 1.29 is 9.72 Å². The molecule has 2 aromatic carbocycles. The van der Waals surface area contributed by atoms with Crippen LogP contribution in [-0.4, -0.2) is 21.6 Å². The number of nitro groups is 1. The van der Waals surface area contributed by atoms with E-state index in [1.165, 1.54) is 29.2 Å². The highest BCUT2D eigenvalue weighted by atomic mass is 79.9. The number of nitrogens with one attached hydrogen (secondary N) is 1. The first-order valence-electron chi connectivity index (χ1n) is 8.23. The van der Waals surface area contributed by atoms with Gasteiger partial charge in [-0.1, -0.05) is 45.9 Å². The number of halogens is 1. The Morgan fingerprint density at radius 2 is 2.00 bits per heavy atom. The molecule has 1 aromatic heterocycles. The van der Waals surface area contributed by atoms with Crippen LogP contribution < -0.4 is 5.32 Å². The van der Waals surface area contributed by atoms with Crippen LogP contribution in [0.2, 0.25) is 0 Å². The first-order chi connectivity index (χ1) is 13.3. The average Bonchev–Trinajstić information content (AvgIpc) is 3.11. The van der Waals surface area contributed by atoms with Gasteiger partial charge in [0.15, 0.2) is 4.34 Å². The summed E-state index contributed by atoms with van der Waals surface area (Å²) in [6.07, 6.45) is 0. The van der Waals surface area contributed by atoms with Crippen molar-refractivity contribution >= 4 is 56.3 Å². The zero-order chi connectivity index (χ0) is 20.3. The van der Waals surface area contributed by atoms with Crippen molar-refractivity contribution in [2.45, 2.75) is 18.2 Å². The number of rotatable bonds is 6. The topological polar surface area (TPSA) is 85.1 Å². The summed E-state index contributed by atoms with van der Waals surface area (Å²) in [5.74, 6) is -0.182. The number of aryl methyl sites for hydroxylation is 2. The molecule has 0 atom stereocenters. The molecule has 1 amide bonds. The number of carbonyl (C=O) groups is 1. The van der Waals surface area contributed by atoms with Gasteiger partial charge in [0.2, 0.25) is 5.91 Å². The standard InChI is InChI=1S/C19H16BrN3O3S2/c1-11-7-12(2)18(16(8-11)23(25)26)22-17(24)10-28-19-21-15(9-27-19)13-3-5-14(20)6-4-13/h3-9H,10H2,1-2H3,(H,22,24). The van der Waals surface area contributed by atoms with E-state index in [0.29, 0.717) is 5.56 Å². The number of carbonyl (C=O) groups excluding carboxylic acids is 1. The van der Waals surface area contributed by atoms with Crippen LogP contribution in [0.4, 0.5) is 11.4 Å². The minimum Gasteiger partial charge on any atom is -0.319 e. The summed E-state index contributed by atoms with van der Waals surface area (Å²) in [5, 5.41) is 15.9. The third-order valence-electron chi connectivity index (χ3n) is 3.87. The molecule has 0 aliphatic carbocycles. The maximum atomic E-state index is 12.3. The second-order valence-electron chi connectivity index (χ2n) is 6.08. The Morgan fingerprint density at radius 1 is 1.29 bits per heavy atom. The van der Waals surface area contributed by atoms with Gasteiger partial charge in [0.1, 0.15) is 5.69 Å². The number of thiazole rings is 1. The third-order valence-corrected chi connectivity index (χ3v) is 6.42. The van der Waals surface area contributed by atoms with Crippen LogP contribution in [0.5, 0.6) is 0 Å². The number of hydrogen-bond donors (Lipinski definition) is 1. The first kappa shape index (κ1) is 20.5. The SMILES string of the molecule is Cc1cc(C)c(NC(=O)CSc2nc(-c3ccc(Br)cc3)cs2)c([N+](=O)[O-])c1. The maximum Gasteiger partial charge on any atom is 0.293 e. The fraction of sp³-hybridized carbons (Fsp3) is 0.158. The molecule has 0 bridgehead atoms. The number of nitrogens with zero attached hydrogens (tertiary/aromatic N) is 2. The number of benzene rings is 2. The zero-order valence-corrected chi connectivity index (χ0v) is 18.3. The van der Waals surface area contributed by atoms with Gasteiger partial charge in [-0.2, -0.15) is 0 Å². The van der Waals surface area contributed by atoms with E-state index in [9.17, 15) is 14.9 Å². The Balaban J connectivity index is 1.66. The van der Waals surface area contributed by atoms with E-state index in [4.69, 9.17) is 0 Å². The van der Waals surface area contributed by atoms with Crippen molar-refractivity contribution in [3.63, 3.8) is 0 Å². The van der Waals surface area contributed by atoms with Crippen molar-refractivity contribution in [3.05, 3.63) is 67.5 Å². The number of nitro benzene ring substituents is 1. The van der Waals surface area contributed by atoms with Crippen molar-refractivity contribution in [3.8, 4) is 11.3 Å². The molecule has 1 N–H and O–H groups in total. The van der Waals surface area contributed by atoms with Gasteiger partial charge in [0, 0.05) is 21.5 Å². The summed E-state index contributed by atoms with van der Waals surface area (Å²) < 4.78 is 1.77. The van der Waals surface area contributed by atoms with Crippen molar-refractivity contribution in [1.82, 2.24) is 4.98 Å². The molecule has 0 aliphatic heterocycles. The Labute approximate surface area is 178 Å². The van der Waals surface area contributed by atoms with E-state index < -0.39 is 4.92 Å². The number of aromatic nitrogens is 1. The van der Waals surface area contributed by atoms with E-state index in [2.05, 4.69) is 26.2 Å². The van der Waals surface area contributed by atoms with Gasteiger partial charge in [-0.3, -0.25) is 14.9 Å². The van der Waals surface area contributed by atoms with Gasteiger partial charge in [-0.05, 0) is 37.1 Å². The van der Waals surface area contributed by atoms with Gasteiger partial charge >= 0.3 is 0 Å². The Hall–Kier alpha value is -2.23. The predicted octanol–water partition coefficient (Wildman–Crippen LogP) is 5.83. The summed E-state index contributed by atoms with van der Waals surface area (Å²) in [6.45, 7) is 3.53. The predicted molar refractivity (Wildman–Crippen MR) is 117 cm³/mol. The quantitative estimate of drug-likeness (QED) is 0.274. The largest absolute Gasteiger partial charge is 0.319 e. The fourth-order valence-corrected chi connectivity index (χ4v) is 4.53. The molecule has 9 heteroatoms. The van der Waals surface area contributed by atoms with Crippen LogP contribution in [0, 0.1) is 24.0 Å². The summed E-state index contributed by atoms with van der Waals surface area (Å²) in [4.78, 5) is 27.7. The minimum absolute atomic E-state index is 0.0948. The highest BCUT2D eigenvalue weighted by Gasteiger charge is 2.19. The molecule has 3 rings (SSSR count). The molecule has 28 heavy (non-hydrogen) atoms. The highest BCUT2D eigenvalue weighted by molar-refractivity contribution is 9.10. The normalized spacial score (nSPS) is 10.7. The fourth-order valence-electron chi connectivity index (χ4n) is 2.63. The number of hydrogen-bond acceptors (Lipinski definition) is 6. The molecule has 1 heterocycles. The Kier molecular flexibility index (Phi) is 6.48. The van der Waals surface area contributed by atoms with Crippen LogP contribution in [0.25, 0.3) is 11.3 Å². The molecule has 3 aromatic rings.